The second-order valence-corrected chi connectivity index (χ2v) is 7.55. The molecule has 2 aromatic heterocycles. The second kappa shape index (κ2) is 6.98. The first-order valence-electron chi connectivity index (χ1n) is 8.38. The van der Waals surface area contributed by atoms with E-state index >= 15 is 0 Å². The van der Waals surface area contributed by atoms with Gasteiger partial charge in [-0.05, 0) is 40.5 Å². The largest absolute Gasteiger partial charge is 0.314 e. The molecule has 24 heavy (non-hydrogen) atoms. The topological polar surface area (TPSA) is 84.7 Å². The van der Waals surface area contributed by atoms with E-state index in [1.54, 1.807) is 0 Å². The first-order valence-corrected chi connectivity index (χ1v) is 9.20. The first kappa shape index (κ1) is 17.0. The zero-order valence-electron chi connectivity index (χ0n) is 14.6. The summed E-state index contributed by atoms with van der Waals surface area (Å²) in [6.07, 6.45) is 3.31. The summed E-state index contributed by atoms with van der Waals surface area (Å²) >= 11 is 1.50. The predicted molar refractivity (Wildman–Crippen MR) is 94.2 cm³/mol. The van der Waals surface area contributed by atoms with Gasteiger partial charge in [0.15, 0.2) is 5.13 Å². The molecule has 8 heteroatoms. The molecule has 1 aliphatic heterocycles. The Morgan fingerprint density at radius 3 is 2.75 bits per heavy atom. The van der Waals surface area contributed by atoms with Gasteiger partial charge >= 0.3 is 0 Å². The smallest absolute Gasteiger partial charge is 0.243 e. The van der Waals surface area contributed by atoms with Gasteiger partial charge in [-0.25, -0.2) is 4.98 Å². The molecular formula is C16H24N6OS. The molecule has 2 N–H and O–H groups in total. The molecule has 0 saturated carbocycles. The minimum absolute atomic E-state index is 0.0372. The maximum atomic E-state index is 12.4. The minimum Gasteiger partial charge on any atom is -0.314 e. The number of hydrogen-bond acceptors (Lipinski definition) is 6. The summed E-state index contributed by atoms with van der Waals surface area (Å²) in [7, 11) is 0. The Balaban J connectivity index is 1.62. The summed E-state index contributed by atoms with van der Waals surface area (Å²) in [5.41, 5.74) is 0.958. The van der Waals surface area contributed by atoms with E-state index in [4.69, 9.17) is 0 Å². The molecule has 130 valence electrons. The van der Waals surface area contributed by atoms with E-state index < -0.39 is 0 Å². The third kappa shape index (κ3) is 3.49. The van der Waals surface area contributed by atoms with Crippen molar-refractivity contribution in [1.29, 1.82) is 0 Å². The highest BCUT2D eigenvalue weighted by molar-refractivity contribution is 7.15. The van der Waals surface area contributed by atoms with Crippen molar-refractivity contribution in [2.45, 2.75) is 65.6 Å². The molecule has 0 saturated heterocycles. The van der Waals surface area contributed by atoms with Crippen LogP contribution in [0.5, 0.6) is 0 Å². The van der Waals surface area contributed by atoms with Gasteiger partial charge in [-0.1, -0.05) is 0 Å². The van der Waals surface area contributed by atoms with Gasteiger partial charge in [-0.2, -0.15) is 0 Å². The second-order valence-electron chi connectivity index (χ2n) is 6.34. The van der Waals surface area contributed by atoms with Gasteiger partial charge in [-0.15, -0.1) is 21.5 Å². The van der Waals surface area contributed by atoms with Crippen molar-refractivity contribution in [3.8, 4) is 0 Å². The van der Waals surface area contributed by atoms with E-state index in [-0.39, 0.29) is 18.0 Å². The van der Waals surface area contributed by atoms with Crippen molar-refractivity contribution in [2.75, 3.05) is 5.32 Å². The van der Waals surface area contributed by atoms with E-state index in [1.165, 1.54) is 17.8 Å². The van der Waals surface area contributed by atoms with Crippen LogP contribution in [0.1, 0.15) is 55.0 Å². The highest BCUT2D eigenvalue weighted by atomic mass is 32.1. The van der Waals surface area contributed by atoms with E-state index in [9.17, 15) is 4.79 Å². The number of carbonyl (C=O) groups is 1. The minimum atomic E-state index is -0.346. The summed E-state index contributed by atoms with van der Waals surface area (Å²) in [5, 5.41) is 15.4. The molecule has 2 atom stereocenters. The van der Waals surface area contributed by atoms with Crippen LogP contribution in [0.3, 0.4) is 0 Å². The normalized spacial score (nSPS) is 16.5. The van der Waals surface area contributed by atoms with E-state index in [0.29, 0.717) is 5.13 Å². The van der Waals surface area contributed by atoms with E-state index in [2.05, 4.69) is 30.4 Å². The molecule has 0 radical (unpaired) electrons. The van der Waals surface area contributed by atoms with Crippen molar-refractivity contribution in [3.05, 3.63) is 22.2 Å². The number of thiazole rings is 1. The maximum Gasteiger partial charge on any atom is 0.243 e. The molecule has 0 spiro atoms. The average molecular weight is 348 g/mol. The van der Waals surface area contributed by atoms with E-state index in [1.807, 2.05) is 27.7 Å². The molecule has 2 aromatic rings. The Labute approximate surface area is 145 Å². The molecule has 3 heterocycles. The first-order chi connectivity index (χ1) is 11.5. The molecule has 1 amide bonds. The summed E-state index contributed by atoms with van der Waals surface area (Å²) < 4.78 is 2.18. The molecule has 0 unspecified atom stereocenters. The van der Waals surface area contributed by atoms with Crippen LogP contribution < -0.4 is 10.6 Å². The molecule has 0 bridgehead atoms. The summed E-state index contributed by atoms with van der Waals surface area (Å²) in [6, 6.07) is -0.383. The Hall–Kier alpha value is -1.80. The van der Waals surface area contributed by atoms with Crippen LogP contribution >= 0.6 is 11.3 Å². The molecule has 7 nitrogen and oxygen atoms in total. The average Bonchev–Trinajstić information content (AvgIpc) is 3.11. The third-order valence-corrected chi connectivity index (χ3v) is 5.42. The number of aromatic nitrogens is 4. The number of amides is 1. The number of aryl methyl sites for hydroxylation is 3. The van der Waals surface area contributed by atoms with Crippen LogP contribution in [0.2, 0.25) is 0 Å². The van der Waals surface area contributed by atoms with Gasteiger partial charge in [0.05, 0.1) is 17.8 Å². The number of hydrogen-bond donors (Lipinski definition) is 2. The number of fused-ring (bicyclic) bond motifs is 1. The van der Waals surface area contributed by atoms with Crippen molar-refractivity contribution in [2.24, 2.45) is 0 Å². The molecule has 0 aromatic carbocycles. The number of nitrogens with one attached hydrogen (secondary N) is 2. The Bertz CT molecular complexity index is 718. The maximum absolute atomic E-state index is 12.4. The summed E-state index contributed by atoms with van der Waals surface area (Å²) in [5.74, 6) is 1.87. The molecular weight excluding hydrogens is 324 g/mol. The van der Waals surface area contributed by atoms with Gasteiger partial charge in [-0.3, -0.25) is 10.1 Å². The lowest BCUT2D eigenvalue weighted by atomic mass is 10.1. The summed E-state index contributed by atoms with van der Waals surface area (Å²) in [6.45, 7) is 8.78. The van der Waals surface area contributed by atoms with Crippen molar-refractivity contribution >= 4 is 22.4 Å². The van der Waals surface area contributed by atoms with Crippen molar-refractivity contribution in [3.63, 3.8) is 0 Å². The number of anilines is 1. The monoisotopic (exact) mass is 348 g/mol. The number of nitrogens with zero attached hydrogens (tertiary/aromatic N) is 4. The molecule has 1 aliphatic rings. The molecule has 0 fully saturated rings. The van der Waals surface area contributed by atoms with Gasteiger partial charge in [0.1, 0.15) is 11.6 Å². The molecule has 3 rings (SSSR count). The lowest BCUT2D eigenvalue weighted by molar-refractivity contribution is -0.118. The Morgan fingerprint density at radius 2 is 2.04 bits per heavy atom. The van der Waals surface area contributed by atoms with Gasteiger partial charge < -0.3 is 9.88 Å². The van der Waals surface area contributed by atoms with Gasteiger partial charge in [0, 0.05) is 17.8 Å². The zero-order chi connectivity index (χ0) is 17.3. The molecule has 0 aliphatic carbocycles. The highest BCUT2D eigenvalue weighted by Gasteiger charge is 2.23. The van der Waals surface area contributed by atoms with Crippen LogP contribution in [0.25, 0.3) is 0 Å². The van der Waals surface area contributed by atoms with Crippen molar-refractivity contribution in [1.82, 2.24) is 25.1 Å². The highest BCUT2D eigenvalue weighted by Crippen LogP contribution is 2.22. The van der Waals surface area contributed by atoms with E-state index in [0.717, 1.165) is 41.6 Å². The SMILES string of the molecule is Cc1nc(NC(=O)[C@H](C)N[C@@H](C)c2nnc3n2CCCC3)sc1C. The number of rotatable bonds is 5. The van der Waals surface area contributed by atoms with Crippen LogP contribution in [0.15, 0.2) is 0 Å². The Morgan fingerprint density at radius 1 is 1.25 bits per heavy atom. The number of carbonyl (C=O) groups excluding carboxylic acids is 1. The fraction of sp³-hybridized carbons (Fsp3) is 0.625. The predicted octanol–water partition coefficient (Wildman–Crippen LogP) is 2.37. The Kier molecular flexibility index (Phi) is 4.96. The lowest BCUT2D eigenvalue weighted by Gasteiger charge is -2.21. The van der Waals surface area contributed by atoms with Crippen molar-refractivity contribution < 1.29 is 4.79 Å². The van der Waals surface area contributed by atoms with Crippen LogP contribution in [-0.4, -0.2) is 31.7 Å². The van der Waals surface area contributed by atoms with Gasteiger partial charge in [0.25, 0.3) is 0 Å². The van der Waals surface area contributed by atoms with Crippen LogP contribution in [-0.2, 0) is 17.8 Å². The lowest BCUT2D eigenvalue weighted by Crippen LogP contribution is -2.40. The fourth-order valence-corrected chi connectivity index (χ4v) is 3.73. The van der Waals surface area contributed by atoms with Crippen LogP contribution in [0, 0.1) is 13.8 Å². The van der Waals surface area contributed by atoms with Gasteiger partial charge in [0.2, 0.25) is 5.91 Å². The summed E-state index contributed by atoms with van der Waals surface area (Å²) in [4.78, 5) is 17.8. The quantitative estimate of drug-likeness (QED) is 0.866. The zero-order valence-corrected chi connectivity index (χ0v) is 15.4. The fourth-order valence-electron chi connectivity index (χ4n) is 2.92. The standard InChI is InChI=1S/C16H24N6OS/c1-9-12(4)24-16(18-9)19-15(23)11(3)17-10(2)14-21-20-13-7-5-6-8-22(13)14/h10-11,17H,5-8H2,1-4H3,(H,18,19,23)/t10-,11-/m0/s1. The third-order valence-electron chi connectivity index (χ3n) is 4.43. The van der Waals surface area contributed by atoms with Crippen LogP contribution in [0.4, 0.5) is 5.13 Å².